The predicted octanol–water partition coefficient (Wildman–Crippen LogP) is 2.81. The van der Waals surface area contributed by atoms with Crippen LogP contribution in [0.15, 0.2) is 10.9 Å². The fourth-order valence-electron chi connectivity index (χ4n) is 4.21. The van der Waals surface area contributed by atoms with E-state index in [9.17, 15) is 4.79 Å². The summed E-state index contributed by atoms with van der Waals surface area (Å²) in [5.74, 6) is 0.900. The fourth-order valence-corrected chi connectivity index (χ4v) is 5.19. The number of fused-ring (bicyclic) bond motifs is 1. The van der Waals surface area contributed by atoms with Crippen molar-refractivity contribution in [2.75, 3.05) is 37.6 Å². The van der Waals surface area contributed by atoms with Crippen molar-refractivity contribution in [2.24, 2.45) is 5.92 Å². The van der Waals surface area contributed by atoms with Crippen LogP contribution in [0.2, 0.25) is 0 Å². The first-order chi connectivity index (χ1) is 12.7. The Morgan fingerprint density at radius 3 is 2.65 bits per heavy atom. The maximum Gasteiger partial charge on any atom is 0.275 e. The van der Waals surface area contributed by atoms with E-state index in [1.54, 1.807) is 17.4 Å². The highest BCUT2D eigenvalue weighted by atomic mass is 32.1. The van der Waals surface area contributed by atoms with Gasteiger partial charge in [-0.3, -0.25) is 9.69 Å². The van der Waals surface area contributed by atoms with Gasteiger partial charge < -0.3 is 4.90 Å². The van der Waals surface area contributed by atoms with Gasteiger partial charge >= 0.3 is 0 Å². The van der Waals surface area contributed by atoms with Gasteiger partial charge in [0.25, 0.3) is 5.56 Å². The second-order valence-corrected chi connectivity index (χ2v) is 8.64. The average Bonchev–Trinajstić information content (AvgIpc) is 3.08. The first kappa shape index (κ1) is 17.9. The van der Waals surface area contributed by atoms with Crippen LogP contribution in [0.4, 0.5) is 5.13 Å². The monoisotopic (exact) mass is 375 g/mol. The minimum Gasteiger partial charge on any atom is -0.344 e. The predicted molar refractivity (Wildman–Crippen MR) is 106 cm³/mol. The molecule has 26 heavy (non-hydrogen) atoms. The normalized spacial score (nSPS) is 20.1. The van der Waals surface area contributed by atoms with Crippen molar-refractivity contribution in [1.29, 1.82) is 0 Å². The first-order valence-electron chi connectivity index (χ1n) is 10.1. The lowest BCUT2D eigenvalue weighted by molar-refractivity contribution is 0.192. The van der Waals surface area contributed by atoms with Crippen molar-refractivity contribution in [2.45, 2.75) is 51.9 Å². The summed E-state index contributed by atoms with van der Waals surface area (Å²) in [6.07, 6.45) is 8.92. The quantitative estimate of drug-likeness (QED) is 0.804. The molecule has 2 aromatic rings. The molecule has 1 aliphatic carbocycles. The molecule has 0 N–H and O–H groups in total. The minimum atomic E-state index is -0.0584. The van der Waals surface area contributed by atoms with Gasteiger partial charge in [-0.05, 0) is 25.2 Å². The molecule has 142 valence electrons. The van der Waals surface area contributed by atoms with Crippen LogP contribution in [0.25, 0.3) is 4.96 Å². The lowest BCUT2D eigenvalue weighted by atomic mass is 9.89. The third-order valence-electron chi connectivity index (χ3n) is 5.68. The van der Waals surface area contributed by atoms with Crippen molar-refractivity contribution >= 4 is 21.4 Å². The van der Waals surface area contributed by atoms with Crippen LogP contribution >= 0.6 is 11.3 Å². The van der Waals surface area contributed by atoms with Gasteiger partial charge in [0.15, 0.2) is 0 Å². The van der Waals surface area contributed by atoms with E-state index in [0.717, 1.165) is 60.7 Å². The molecule has 2 aromatic heterocycles. The van der Waals surface area contributed by atoms with Crippen LogP contribution in [-0.2, 0) is 6.42 Å². The summed E-state index contributed by atoms with van der Waals surface area (Å²) >= 11 is 1.54. The first-order valence-corrected chi connectivity index (χ1v) is 10.9. The molecule has 0 aromatic carbocycles. The number of piperazine rings is 1. The van der Waals surface area contributed by atoms with Gasteiger partial charge in [-0.25, -0.2) is 4.98 Å². The zero-order valence-electron chi connectivity index (χ0n) is 15.7. The molecule has 2 aliphatic rings. The number of aryl methyl sites for hydroxylation is 1. The molecule has 4 rings (SSSR count). The van der Waals surface area contributed by atoms with Gasteiger partial charge in [0, 0.05) is 44.5 Å². The molecule has 2 fully saturated rings. The molecule has 0 unspecified atom stereocenters. The van der Waals surface area contributed by atoms with Crippen LogP contribution in [-0.4, -0.2) is 52.2 Å². The highest BCUT2D eigenvalue weighted by Crippen LogP contribution is 2.26. The molecular formula is C19H29N5OS. The number of aromatic nitrogens is 3. The number of hydrogen-bond acceptors (Lipinski definition) is 6. The van der Waals surface area contributed by atoms with E-state index < -0.39 is 0 Å². The van der Waals surface area contributed by atoms with Gasteiger partial charge in [-0.15, -0.1) is 5.10 Å². The lowest BCUT2D eigenvalue weighted by Crippen LogP contribution is -2.48. The molecule has 3 heterocycles. The Bertz CT molecular complexity index is 787. The second-order valence-electron chi connectivity index (χ2n) is 7.71. The maximum absolute atomic E-state index is 12.3. The third-order valence-corrected chi connectivity index (χ3v) is 6.65. The molecular weight excluding hydrogens is 346 g/mol. The minimum absolute atomic E-state index is 0.0584. The Balaban J connectivity index is 1.40. The molecule has 1 saturated heterocycles. The molecule has 0 amide bonds. The molecule has 1 aliphatic heterocycles. The maximum atomic E-state index is 12.3. The molecule has 0 radical (unpaired) electrons. The molecule has 0 bridgehead atoms. The van der Waals surface area contributed by atoms with Crippen LogP contribution in [0, 0.1) is 5.92 Å². The number of anilines is 1. The number of rotatable bonds is 5. The van der Waals surface area contributed by atoms with E-state index in [1.165, 1.54) is 43.2 Å². The van der Waals surface area contributed by atoms with Crippen LogP contribution in [0.3, 0.4) is 0 Å². The van der Waals surface area contributed by atoms with Gasteiger partial charge in [0.2, 0.25) is 10.1 Å². The van der Waals surface area contributed by atoms with E-state index in [1.807, 2.05) is 0 Å². The smallest absolute Gasteiger partial charge is 0.275 e. The van der Waals surface area contributed by atoms with E-state index >= 15 is 0 Å². The summed E-state index contributed by atoms with van der Waals surface area (Å²) in [7, 11) is 0. The Labute approximate surface area is 158 Å². The Morgan fingerprint density at radius 1 is 1.15 bits per heavy atom. The summed E-state index contributed by atoms with van der Waals surface area (Å²) in [5, 5.41) is 5.48. The summed E-state index contributed by atoms with van der Waals surface area (Å²) in [4.78, 5) is 22.6. The summed E-state index contributed by atoms with van der Waals surface area (Å²) in [6.45, 7) is 7.53. The summed E-state index contributed by atoms with van der Waals surface area (Å²) in [5.41, 5.74) is 0.821. The van der Waals surface area contributed by atoms with Crippen molar-refractivity contribution in [3.63, 3.8) is 0 Å². The fraction of sp³-hybridized carbons (Fsp3) is 0.737. The average molecular weight is 376 g/mol. The number of nitrogens with zero attached hydrogens (tertiary/aromatic N) is 5. The third kappa shape index (κ3) is 3.93. The highest BCUT2D eigenvalue weighted by molar-refractivity contribution is 7.20. The van der Waals surface area contributed by atoms with Gasteiger partial charge in [0.05, 0.1) is 0 Å². The molecule has 0 atom stereocenters. The zero-order valence-corrected chi connectivity index (χ0v) is 16.5. The topological polar surface area (TPSA) is 53.7 Å². The molecule has 6 nitrogen and oxygen atoms in total. The van der Waals surface area contributed by atoms with Gasteiger partial charge in [-0.2, -0.15) is 4.52 Å². The zero-order chi connectivity index (χ0) is 17.9. The van der Waals surface area contributed by atoms with Crippen molar-refractivity contribution in [1.82, 2.24) is 19.5 Å². The molecule has 0 spiro atoms. The number of hydrogen-bond donors (Lipinski definition) is 0. The van der Waals surface area contributed by atoms with E-state index in [2.05, 4.69) is 26.8 Å². The Kier molecular flexibility index (Phi) is 5.55. The standard InChI is InChI=1S/C19H29N5OS/c1-2-6-16-13-17(25)24-18(20-16)26-19(21-24)23-11-9-22(10-12-23)14-15-7-4-3-5-8-15/h13,15H,2-12,14H2,1H3. The second kappa shape index (κ2) is 8.05. The summed E-state index contributed by atoms with van der Waals surface area (Å²) in [6, 6.07) is 1.63. The van der Waals surface area contributed by atoms with Gasteiger partial charge in [0.1, 0.15) is 0 Å². The van der Waals surface area contributed by atoms with Crippen molar-refractivity contribution < 1.29 is 0 Å². The van der Waals surface area contributed by atoms with Crippen molar-refractivity contribution in [3.8, 4) is 0 Å². The van der Waals surface area contributed by atoms with E-state index in [0.29, 0.717) is 0 Å². The molecule has 1 saturated carbocycles. The Morgan fingerprint density at radius 2 is 1.92 bits per heavy atom. The largest absolute Gasteiger partial charge is 0.344 e. The van der Waals surface area contributed by atoms with Crippen molar-refractivity contribution in [3.05, 3.63) is 22.1 Å². The lowest BCUT2D eigenvalue weighted by Gasteiger charge is -2.36. The Hall–Kier alpha value is -1.47. The SMILES string of the molecule is CCCc1cc(=O)n2nc(N3CCN(CC4CCCCC4)CC3)sc2n1. The van der Waals surface area contributed by atoms with E-state index in [-0.39, 0.29) is 5.56 Å². The van der Waals surface area contributed by atoms with E-state index in [4.69, 9.17) is 0 Å². The van der Waals surface area contributed by atoms with Crippen LogP contribution < -0.4 is 10.5 Å². The highest BCUT2D eigenvalue weighted by Gasteiger charge is 2.23. The van der Waals surface area contributed by atoms with Gasteiger partial charge in [-0.1, -0.05) is 43.9 Å². The summed E-state index contributed by atoms with van der Waals surface area (Å²) < 4.78 is 1.47. The van der Waals surface area contributed by atoms with Crippen LogP contribution in [0.1, 0.15) is 51.1 Å². The molecule has 7 heteroatoms. The van der Waals surface area contributed by atoms with Crippen LogP contribution in [0.5, 0.6) is 0 Å².